The summed E-state index contributed by atoms with van der Waals surface area (Å²) in [7, 11) is 1.72. The summed E-state index contributed by atoms with van der Waals surface area (Å²) < 4.78 is 32.1. The minimum absolute atomic E-state index is 0.0944. The molecule has 1 saturated carbocycles. The van der Waals surface area contributed by atoms with Gasteiger partial charge in [0.05, 0.1) is 6.10 Å². The largest absolute Gasteiger partial charge is 0.760 e. The molecule has 1 aliphatic rings. The number of hydrogen-bond acceptors (Lipinski definition) is 4. The molecule has 29 heavy (non-hydrogen) atoms. The Labute approximate surface area is 171 Å². The number of H-pyrrole nitrogens is 1. The molecule has 1 aliphatic carbocycles. The molecule has 2 aromatic heterocycles. The van der Waals surface area contributed by atoms with Gasteiger partial charge in [-0.15, -0.1) is 0 Å². The summed E-state index contributed by atoms with van der Waals surface area (Å²) >= 11 is -2.33. The zero-order valence-corrected chi connectivity index (χ0v) is 17.1. The Bertz CT molecular complexity index is 1100. The van der Waals surface area contributed by atoms with Gasteiger partial charge >= 0.3 is 0 Å². The van der Waals surface area contributed by atoms with Crippen molar-refractivity contribution in [2.45, 2.75) is 44.8 Å². The van der Waals surface area contributed by atoms with Crippen LogP contribution >= 0.6 is 0 Å². The van der Waals surface area contributed by atoms with Crippen LogP contribution in [0.3, 0.4) is 0 Å². The van der Waals surface area contributed by atoms with Crippen LogP contribution in [0.4, 0.5) is 0 Å². The number of fused-ring (bicyclic) bond motifs is 1. The maximum absolute atomic E-state index is 12.4. The van der Waals surface area contributed by atoms with Gasteiger partial charge in [-0.1, -0.05) is 12.5 Å². The Kier molecular flexibility index (Phi) is 5.84. The Morgan fingerprint density at radius 2 is 2.03 bits per heavy atom. The molecule has 2 N–H and O–H groups in total. The summed E-state index contributed by atoms with van der Waals surface area (Å²) in [6.45, 7) is 0.189. The quantitative estimate of drug-likeness (QED) is 0.605. The number of nitrogens with one attached hydrogen (secondary N) is 2. The second-order valence-corrected chi connectivity index (χ2v) is 8.25. The van der Waals surface area contributed by atoms with Crippen molar-refractivity contribution in [1.82, 2.24) is 14.3 Å². The molecular weight excluding hydrogens is 390 g/mol. The van der Waals surface area contributed by atoms with E-state index in [0.717, 1.165) is 40.7 Å². The minimum atomic E-state index is -2.33. The Balaban J connectivity index is 1.81. The first-order chi connectivity index (χ1) is 14.0. The maximum atomic E-state index is 12.4. The van der Waals surface area contributed by atoms with E-state index in [1.54, 1.807) is 17.8 Å². The Morgan fingerprint density at radius 3 is 2.79 bits per heavy atom. The molecule has 2 heterocycles. The standard InChI is InChI=1S/C21H25N3O4S/c1-24-13-18(16-9-10-22-20(16)21(24)25)17-11-14(12-23-29(26)27)7-8-19(17)28-15-5-3-2-4-6-15/h7-11,13,15,22-23H,2-6,12H2,1H3,(H,26,27)/p-1. The molecule has 154 valence electrons. The van der Waals surface area contributed by atoms with Gasteiger partial charge in [0.25, 0.3) is 5.56 Å². The highest BCUT2D eigenvalue weighted by molar-refractivity contribution is 7.77. The molecule has 1 aromatic carbocycles. The number of rotatable bonds is 6. The summed E-state index contributed by atoms with van der Waals surface area (Å²) in [5, 5.41) is 0.819. The summed E-state index contributed by atoms with van der Waals surface area (Å²) in [5.74, 6) is 0.755. The fraction of sp³-hybridized carbons (Fsp3) is 0.381. The average Bonchev–Trinajstić information content (AvgIpc) is 3.21. The van der Waals surface area contributed by atoms with Crippen molar-refractivity contribution in [2.24, 2.45) is 7.05 Å². The lowest BCUT2D eigenvalue weighted by atomic mass is 9.97. The van der Waals surface area contributed by atoms with Crippen molar-refractivity contribution in [1.29, 1.82) is 0 Å². The first-order valence-corrected chi connectivity index (χ1v) is 10.9. The van der Waals surface area contributed by atoms with Crippen molar-refractivity contribution < 1.29 is 13.5 Å². The molecule has 0 aliphatic heterocycles. The molecule has 0 amide bonds. The van der Waals surface area contributed by atoms with Crippen molar-refractivity contribution in [3.63, 3.8) is 0 Å². The van der Waals surface area contributed by atoms with E-state index in [2.05, 4.69) is 9.71 Å². The highest BCUT2D eigenvalue weighted by Crippen LogP contribution is 2.36. The predicted molar refractivity (Wildman–Crippen MR) is 112 cm³/mol. The van der Waals surface area contributed by atoms with Crippen LogP contribution in [-0.2, 0) is 24.9 Å². The third kappa shape index (κ3) is 4.29. The molecule has 0 radical (unpaired) electrons. The molecule has 4 rings (SSSR count). The third-order valence-corrected chi connectivity index (χ3v) is 5.85. The molecule has 8 heteroatoms. The smallest absolute Gasteiger partial charge is 0.274 e. The van der Waals surface area contributed by atoms with Gasteiger partial charge in [0, 0.05) is 53.8 Å². The van der Waals surface area contributed by atoms with E-state index in [-0.39, 0.29) is 18.2 Å². The van der Waals surface area contributed by atoms with Gasteiger partial charge in [-0.25, -0.2) is 4.72 Å². The summed E-state index contributed by atoms with van der Waals surface area (Å²) in [5.41, 5.74) is 2.99. The second kappa shape index (κ2) is 8.52. The van der Waals surface area contributed by atoms with Gasteiger partial charge in [-0.2, -0.15) is 0 Å². The predicted octanol–water partition coefficient (Wildman–Crippen LogP) is 3.13. The molecule has 7 nitrogen and oxygen atoms in total. The number of aromatic amines is 1. The van der Waals surface area contributed by atoms with E-state index in [1.807, 2.05) is 30.5 Å². The van der Waals surface area contributed by atoms with E-state index in [4.69, 9.17) is 4.74 Å². The van der Waals surface area contributed by atoms with Gasteiger partial charge < -0.3 is 18.8 Å². The van der Waals surface area contributed by atoms with E-state index < -0.39 is 11.3 Å². The average molecular weight is 415 g/mol. The van der Waals surface area contributed by atoms with Crippen molar-refractivity contribution >= 4 is 22.2 Å². The van der Waals surface area contributed by atoms with E-state index in [9.17, 15) is 13.6 Å². The molecule has 1 unspecified atom stereocenters. The number of pyridine rings is 1. The zero-order valence-electron chi connectivity index (χ0n) is 16.3. The monoisotopic (exact) mass is 414 g/mol. The lowest BCUT2D eigenvalue weighted by Gasteiger charge is -2.25. The Morgan fingerprint density at radius 1 is 1.24 bits per heavy atom. The van der Waals surface area contributed by atoms with Crippen LogP contribution in [0, 0.1) is 0 Å². The van der Waals surface area contributed by atoms with Gasteiger partial charge in [0.2, 0.25) is 0 Å². The maximum Gasteiger partial charge on any atom is 0.274 e. The van der Waals surface area contributed by atoms with Gasteiger partial charge in [0.1, 0.15) is 11.3 Å². The van der Waals surface area contributed by atoms with Crippen LogP contribution in [0.15, 0.2) is 41.5 Å². The first kappa shape index (κ1) is 19.9. The van der Waals surface area contributed by atoms with Crippen molar-refractivity contribution in [3.8, 4) is 16.9 Å². The lowest BCUT2D eigenvalue weighted by Crippen LogP contribution is -2.20. The highest BCUT2D eigenvalue weighted by atomic mass is 32.2. The number of aryl methyl sites for hydroxylation is 1. The van der Waals surface area contributed by atoms with Gasteiger partial charge in [-0.05, 0) is 49.4 Å². The Hall–Kier alpha value is -2.42. The number of ether oxygens (including phenoxy) is 1. The summed E-state index contributed by atoms with van der Waals surface area (Å²) in [4.78, 5) is 15.5. The molecule has 1 fully saturated rings. The van der Waals surface area contributed by atoms with Crippen LogP contribution in [0.25, 0.3) is 22.0 Å². The van der Waals surface area contributed by atoms with Gasteiger partial charge in [-0.3, -0.25) is 9.00 Å². The molecule has 0 spiro atoms. The fourth-order valence-electron chi connectivity index (χ4n) is 3.99. The highest BCUT2D eigenvalue weighted by Gasteiger charge is 2.19. The minimum Gasteiger partial charge on any atom is -0.760 e. The molecule has 0 bridgehead atoms. The summed E-state index contributed by atoms with van der Waals surface area (Å²) in [6.07, 6.45) is 9.38. The third-order valence-electron chi connectivity index (χ3n) is 5.47. The van der Waals surface area contributed by atoms with Crippen LogP contribution < -0.4 is 15.0 Å². The second-order valence-electron chi connectivity index (χ2n) is 7.49. The van der Waals surface area contributed by atoms with Crippen LogP contribution in [0.1, 0.15) is 37.7 Å². The van der Waals surface area contributed by atoms with E-state index >= 15 is 0 Å². The molecule has 3 aromatic rings. The first-order valence-electron chi connectivity index (χ1n) is 9.82. The van der Waals surface area contributed by atoms with Crippen LogP contribution in [0.5, 0.6) is 5.75 Å². The zero-order chi connectivity index (χ0) is 20.4. The normalized spacial score (nSPS) is 16.2. The number of benzene rings is 1. The number of hydrogen-bond donors (Lipinski definition) is 2. The van der Waals surface area contributed by atoms with E-state index in [0.29, 0.717) is 5.52 Å². The lowest BCUT2D eigenvalue weighted by molar-refractivity contribution is 0.155. The van der Waals surface area contributed by atoms with Gasteiger partial charge in [0.15, 0.2) is 0 Å². The van der Waals surface area contributed by atoms with Crippen molar-refractivity contribution in [3.05, 3.63) is 52.6 Å². The number of nitrogens with zero attached hydrogens (tertiary/aromatic N) is 1. The number of aromatic nitrogens is 2. The van der Waals surface area contributed by atoms with Crippen molar-refractivity contribution in [2.75, 3.05) is 0 Å². The fourth-order valence-corrected chi connectivity index (χ4v) is 4.27. The topological polar surface area (TPSA) is 99.2 Å². The summed E-state index contributed by atoms with van der Waals surface area (Å²) in [6, 6.07) is 7.59. The SMILES string of the molecule is Cn1cc(-c2cc(CNS(=O)[O-])ccc2OC2CCCCC2)c2cc[nH]c2c1=O. The molecule has 0 saturated heterocycles. The molecular formula is C21H24N3O4S-. The molecule has 1 atom stereocenters. The van der Waals surface area contributed by atoms with E-state index in [1.165, 1.54) is 19.3 Å². The van der Waals surface area contributed by atoms with Crippen LogP contribution in [0.2, 0.25) is 0 Å². The van der Waals surface area contributed by atoms with Crippen LogP contribution in [-0.4, -0.2) is 24.4 Å².